The highest BCUT2D eigenvalue weighted by Gasteiger charge is 2.28. The molecule has 152 valence electrons. The van der Waals surface area contributed by atoms with Crippen LogP contribution in [0.3, 0.4) is 0 Å². The molecule has 2 N–H and O–H groups in total. The van der Waals surface area contributed by atoms with Crippen LogP contribution in [0, 0.1) is 0 Å². The van der Waals surface area contributed by atoms with Crippen molar-refractivity contribution in [1.29, 1.82) is 0 Å². The van der Waals surface area contributed by atoms with Gasteiger partial charge in [0.1, 0.15) is 5.75 Å². The number of alkyl halides is 3. The summed E-state index contributed by atoms with van der Waals surface area (Å²) in [6.45, 7) is 1.69. The zero-order valence-corrected chi connectivity index (χ0v) is 15.3. The molecule has 1 atom stereocenters. The van der Waals surface area contributed by atoms with E-state index in [0.717, 1.165) is 19.4 Å². The molecular weight excluding hydrogens is 363 g/mol. The molecule has 0 bridgehead atoms. The number of hydrogen-bond acceptors (Lipinski definition) is 4. The fraction of sp³-hybridized carbons (Fsp3) is 0.611. The maximum absolute atomic E-state index is 12.4. The van der Waals surface area contributed by atoms with E-state index in [1.807, 2.05) is 0 Å². The minimum atomic E-state index is -4.37. The molecule has 0 radical (unpaired) electrons. The normalized spacial score (nSPS) is 17.8. The maximum atomic E-state index is 12.4. The fourth-order valence-corrected chi connectivity index (χ4v) is 2.52. The van der Waals surface area contributed by atoms with Crippen molar-refractivity contribution in [3.63, 3.8) is 0 Å². The largest absolute Gasteiger partial charge is 0.484 e. The summed E-state index contributed by atoms with van der Waals surface area (Å²) in [5.41, 5.74) is 0.620. The van der Waals surface area contributed by atoms with Gasteiger partial charge in [-0.3, -0.25) is 4.99 Å². The van der Waals surface area contributed by atoms with Crippen molar-refractivity contribution >= 4 is 5.96 Å². The summed E-state index contributed by atoms with van der Waals surface area (Å²) >= 11 is 0. The highest BCUT2D eigenvalue weighted by atomic mass is 19.4. The van der Waals surface area contributed by atoms with Gasteiger partial charge in [-0.2, -0.15) is 13.2 Å². The van der Waals surface area contributed by atoms with Crippen LogP contribution in [-0.4, -0.2) is 58.3 Å². The van der Waals surface area contributed by atoms with E-state index in [-0.39, 0.29) is 11.9 Å². The molecule has 0 aliphatic carbocycles. The average molecular weight is 389 g/mol. The lowest BCUT2D eigenvalue weighted by Gasteiger charge is -2.16. The van der Waals surface area contributed by atoms with Gasteiger partial charge in [0.25, 0.3) is 0 Å². The van der Waals surface area contributed by atoms with Crippen LogP contribution >= 0.6 is 0 Å². The van der Waals surface area contributed by atoms with Crippen molar-refractivity contribution in [2.45, 2.75) is 31.7 Å². The highest BCUT2D eigenvalue weighted by Crippen LogP contribution is 2.22. The number of guanidine groups is 1. The maximum Gasteiger partial charge on any atom is 0.422 e. The Morgan fingerprint density at radius 3 is 2.81 bits per heavy atom. The number of hydrogen-bond donors (Lipinski definition) is 2. The predicted octanol–water partition coefficient (Wildman–Crippen LogP) is 2.49. The minimum Gasteiger partial charge on any atom is -0.484 e. The second-order valence-electron chi connectivity index (χ2n) is 6.07. The molecule has 9 heteroatoms. The number of halogens is 3. The van der Waals surface area contributed by atoms with Gasteiger partial charge >= 0.3 is 6.18 Å². The number of benzene rings is 1. The molecule has 6 nitrogen and oxygen atoms in total. The topological polar surface area (TPSA) is 64.1 Å². The van der Waals surface area contributed by atoms with Crippen LogP contribution in [0.1, 0.15) is 18.4 Å². The Labute approximate surface area is 157 Å². The van der Waals surface area contributed by atoms with E-state index in [1.54, 1.807) is 25.2 Å². The van der Waals surface area contributed by atoms with Gasteiger partial charge in [0, 0.05) is 38.9 Å². The Bertz CT molecular complexity index is 591. The van der Waals surface area contributed by atoms with Crippen LogP contribution < -0.4 is 15.4 Å². The van der Waals surface area contributed by atoms with E-state index in [4.69, 9.17) is 14.2 Å². The summed E-state index contributed by atoms with van der Waals surface area (Å²) in [4.78, 5) is 4.11. The number of aliphatic imine (C=N–C) groups is 1. The first-order valence-electron chi connectivity index (χ1n) is 8.89. The molecule has 1 aromatic carbocycles. The number of para-hydroxylation sites is 1. The second-order valence-corrected chi connectivity index (χ2v) is 6.07. The van der Waals surface area contributed by atoms with Gasteiger partial charge in [-0.15, -0.1) is 0 Å². The molecular formula is C18H26F3N3O3. The van der Waals surface area contributed by atoms with Crippen molar-refractivity contribution in [2.75, 3.05) is 40.0 Å². The van der Waals surface area contributed by atoms with Crippen LogP contribution in [0.15, 0.2) is 29.3 Å². The molecule has 0 spiro atoms. The monoisotopic (exact) mass is 389 g/mol. The van der Waals surface area contributed by atoms with E-state index >= 15 is 0 Å². The van der Waals surface area contributed by atoms with Crippen LogP contribution in [0.5, 0.6) is 5.75 Å². The summed E-state index contributed by atoms with van der Waals surface area (Å²) < 4.78 is 52.9. The molecule has 27 heavy (non-hydrogen) atoms. The highest BCUT2D eigenvalue weighted by molar-refractivity contribution is 5.79. The Balaban J connectivity index is 1.70. The number of nitrogens with zero attached hydrogens (tertiary/aromatic N) is 1. The molecule has 1 fully saturated rings. The van der Waals surface area contributed by atoms with E-state index in [0.29, 0.717) is 37.8 Å². The van der Waals surface area contributed by atoms with Crippen molar-refractivity contribution in [3.8, 4) is 5.75 Å². The van der Waals surface area contributed by atoms with Crippen molar-refractivity contribution in [1.82, 2.24) is 10.6 Å². The standard InChI is InChI=1S/C18H26F3N3O3/c1-22-17(23-8-4-9-26-15-7-10-25-12-15)24-11-14-5-2-3-6-16(14)27-13-18(19,20)21/h2-3,5-6,15H,4,7-13H2,1H3,(H2,22,23,24). The summed E-state index contributed by atoms with van der Waals surface area (Å²) in [6, 6.07) is 6.61. The Hall–Kier alpha value is -2.00. The molecule has 1 unspecified atom stereocenters. The number of ether oxygens (including phenoxy) is 3. The van der Waals surface area contributed by atoms with Crippen LogP contribution in [0.4, 0.5) is 13.2 Å². The Morgan fingerprint density at radius 2 is 2.11 bits per heavy atom. The first kappa shape index (κ1) is 21.3. The third-order valence-electron chi connectivity index (χ3n) is 3.89. The van der Waals surface area contributed by atoms with Gasteiger partial charge in [0.15, 0.2) is 12.6 Å². The molecule has 0 aromatic heterocycles. The Kier molecular flexibility index (Phi) is 8.66. The smallest absolute Gasteiger partial charge is 0.422 e. The zero-order chi connectivity index (χ0) is 19.5. The van der Waals surface area contributed by atoms with E-state index in [1.165, 1.54) is 6.07 Å². The van der Waals surface area contributed by atoms with Gasteiger partial charge < -0.3 is 24.8 Å². The second kappa shape index (κ2) is 11.0. The molecule has 0 saturated carbocycles. The zero-order valence-electron chi connectivity index (χ0n) is 15.3. The van der Waals surface area contributed by atoms with E-state index in [9.17, 15) is 13.2 Å². The number of nitrogens with one attached hydrogen (secondary N) is 2. The van der Waals surface area contributed by atoms with Crippen molar-refractivity contribution in [3.05, 3.63) is 29.8 Å². The third kappa shape index (κ3) is 8.49. The molecule has 2 rings (SSSR count). The third-order valence-corrected chi connectivity index (χ3v) is 3.89. The van der Waals surface area contributed by atoms with Crippen LogP contribution in [-0.2, 0) is 16.0 Å². The van der Waals surface area contributed by atoms with Crippen LogP contribution in [0.25, 0.3) is 0 Å². The molecule has 1 aliphatic heterocycles. The molecule has 0 amide bonds. The molecule has 1 heterocycles. The summed E-state index contributed by atoms with van der Waals surface area (Å²) in [7, 11) is 1.63. The van der Waals surface area contributed by atoms with Crippen LogP contribution in [0.2, 0.25) is 0 Å². The first-order valence-corrected chi connectivity index (χ1v) is 8.89. The lowest BCUT2D eigenvalue weighted by atomic mass is 10.2. The van der Waals surface area contributed by atoms with Crippen molar-refractivity contribution in [2.24, 2.45) is 4.99 Å². The summed E-state index contributed by atoms with van der Waals surface area (Å²) in [5, 5.41) is 6.22. The molecule has 1 saturated heterocycles. The SMILES string of the molecule is CN=C(NCCCOC1CCOC1)NCc1ccccc1OCC(F)(F)F. The average Bonchev–Trinajstić information content (AvgIpc) is 3.16. The molecule has 1 aliphatic rings. The fourth-order valence-electron chi connectivity index (χ4n) is 2.52. The van der Waals surface area contributed by atoms with E-state index < -0.39 is 12.8 Å². The van der Waals surface area contributed by atoms with E-state index in [2.05, 4.69) is 15.6 Å². The quantitative estimate of drug-likeness (QED) is 0.386. The summed E-state index contributed by atoms with van der Waals surface area (Å²) in [6.07, 6.45) is -2.43. The van der Waals surface area contributed by atoms with Gasteiger partial charge in [0.2, 0.25) is 0 Å². The lowest BCUT2D eigenvalue weighted by Crippen LogP contribution is -2.37. The van der Waals surface area contributed by atoms with Gasteiger partial charge in [-0.25, -0.2) is 0 Å². The minimum absolute atomic E-state index is 0.190. The first-order chi connectivity index (χ1) is 13.0. The van der Waals surface area contributed by atoms with Gasteiger partial charge in [-0.05, 0) is 18.9 Å². The Morgan fingerprint density at radius 1 is 1.30 bits per heavy atom. The van der Waals surface area contributed by atoms with Gasteiger partial charge in [0.05, 0.1) is 12.7 Å². The van der Waals surface area contributed by atoms with Crippen molar-refractivity contribution < 1.29 is 27.4 Å². The lowest BCUT2D eigenvalue weighted by molar-refractivity contribution is -0.153. The van der Waals surface area contributed by atoms with Gasteiger partial charge in [-0.1, -0.05) is 18.2 Å². The predicted molar refractivity (Wildman–Crippen MR) is 96.0 cm³/mol. The molecule has 1 aromatic rings. The summed E-state index contributed by atoms with van der Waals surface area (Å²) in [5.74, 6) is 0.759. The number of rotatable bonds is 9.